The standard InChI is InChI=1S/C23H31N3O3.HI/c1-4-24-23(25-12-11-18-9-10-19(28-3)15-21(18)27)26-13-14-29-22(16-26)20-8-6-5-7-17(20)2;/h5-10,15,22,27H,4,11-14,16H2,1-3H3,(H,24,25);1H. The largest absolute Gasteiger partial charge is 0.508 e. The molecule has 7 heteroatoms. The molecule has 1 heterocycles. The Morgan fingerprint density at radius 2 is 2.10 bits per heavy atom. The topological polar surface area (TPSA) is 66.3 Å². The van der Waals surface area contributed by atoms with Crippen molar-refractivity contribution < 1.29 is 14.6 Å². The van der Waals surface area contributed by atoms with Crippen LogP contribution in [0.4, 0.5) is 0 Å². The molecule has 1 aliphatic heterocycles. The quantitative estimate of drug-likeness (QED) is 0.340. The summed E-state index contributed by atoms with van der Waals surface area (Å²) in [6, 6.07) is 13.8. The third kappa shape index (κ3) is 6.25. The highest BCUT2D eigenvalue weighted by molar-refractivity contribution is 14.0. The van der Waals surface area contributed by atoms with Gasteiger partial charge in [0, 0.05) is 25.7 Å². The SMILES string of the molecule is CCNC(=NCCc1ccc(OC)cc1O)N1CCOC(c2ccccc2C)C1.I. The fourth-order valence-electron chi connectivity index (χ4n) is 3.57. The molecule has 30 heavy (non-hydrogen) atoms. The minimum Gasteiger partial charge on any atom is -0.508 e. The van der Waals surface area contributed by atoms with Crippen LogP contribution < -0.4 is 10.1 Å². The van der Waals surface area contributed by atoms with Crippen molar-refractivity contribution in [3.05, 3.63) is 59.2 Å². The summed E-state index contributed by atoms with van der Waals surface area (Å²) >= 11 is 0. The number of ether oxygens (including phenoxy) is 2. The third-order valence-electron chi connectivity index (χ3n) is 5.17. The molecule has 0 aromatic heterocycles. The van der Waals surface area contributed by atoms with Gasteiger partial charge >= 0.3 is 0 Å². The van der Waals surface area contributed by atoms with Gasteiger partial charge in [0.25, 0.3) is 0 Å². The lowest BCUT2D eigenvalue weighted by Crippen LogP contribution is -2.48. The molecule has 2 aromatic rings. The van der Waals surface area contributed by atoms with Gasteiger partial charge in [-0.15, -0.1) is 24.0 Å². The predicted octanol–water partition coefficient (Wildman–Crippen LogP) is 3.91. The fourth-order valence-corrected chi connectivity index (χ4v) is 3.57. The number of aromatic hydroxyl groups is 1. The van der Waals surface area contributed by atoms with Crippen molar-refractivity contribution in [3.8, 4) is 11.5 Å². The highest BCUT2D eigenvalue weighted by atomic mass is 127. The van der Waals surface area contributed by atoms with Crippen LogP contribution in [0, 0.1) is 6.92 Å². The number of phenols is 1. The Balaban J connectivity index is 0.00000320. The minimum absolute atomic E-state index is 0. The van der Waals surface area contributed by atoms with E-state index in [1.165, 1.54) is 11.1 Å². The number of nitrogens with zero attached hydrogens (tertiary/aromatic N) is 2. The van der Waals surface area contributed by atoms with Crippen LogP contribution in [0.25, 0.3) is 0 Å². The van der Waals surface area contributed by atoms with Gasteiger partial charge in [0.15, 0.2) is 5.96 Å². The Bertz CT molecular complexity index is 844. The Hall–Kier alpha value is -2.00. The van der Waals surface area contributed by atoms with E-state index in [9.17, 15) is 5.11 Å². The average Bonchev–Trinajstić information content (AvgIpc) is 2.74. The molecule has 0 amide bonds. The van der Waals surface area contributed by atoms with Crippen LogP contribution in [0.5, 0.6) is 11.5 Å². The monoisotopic (exact) mass is 525 g/mol. The zero-order valence-corrected chi connectivity index (χ0v) is 20.3. The van der Waals surface area contributed by atoms with Crippen LogP contribution >= 0.6 is 24.0 Å². The van der Waals surface area contributed by atoms with Crippen LogP contribution in [0.1, 0.15) is 29.7 Å². The molecule has 2 aromatic carbocycles. The number of morpholine rings is 1. The number of methoxy groups -OCH3 is 1. The smallest absolute Gasteiger partial charge is 0.194 e. The molecule has 0 aliphatic carbocycles. The molecule has 1 aliphatic rings. The van der Waals surface area contributed by atoms with Gasteiger partial charge in [0.1, 0.15) is 17.6 Å². The zero-order chi connectivity index (χ0) is 20.6. The maximum atomic E-state index is 10.2. The van der Waals surface area contributed by atoms with Crippen LogP contribution in [-0.2, 0) is 11.2 Å². The molecule has 0 spiro atoms. The minimum atomic E-state index is 0. The van der Waals surface area contributed by atoms with E-state index < -0.39 is 0 Å². The number of halogens is 1. The average molecular weight is 525 g/mol. The van der Waals surface area contributed by atoms with Gasteiger partial charge in [-0.05, 0) is 43.0 Å². The van der Waals surface area contributed by atoms with E-state index in [1.54, 1.807) is 13.2 Å². The molecule has 1 fully saturated rings. The van der Waals surface area contributed by atoms with E-state index in [0.29, 0.717) is 25.3 Å². The summed E-state index contributed by atoms with van der Waals surface area (Å²) in [4.78, 5) is 7.06. The highest BCUT2D eigenvalue weighted by Gasteiger charge is 2.25. The molecule has 1 unspecified atom stereocenters. The zero-order valence-electron chi connectivity index (χ0n) is 17.9. The van der Waals surface area contributed by atoms with E-state index in [4.69, 9.17) is 14.5 Å². The van der Waals surface area contributed by atoms with Gasteiger partial charge in [0.2, 0.25) is 0 Å². The summed E-state index contributed by atoms with van der Waals surface area (Å²) in [6.07, 6.45) is 0.704. The number of phenolic OH excluding ortho intramolecular Hbond substituents is 1. The molecule has 0 bridgehead atoms. The van der Waals surface area contributed by atoms with Gasteiger partial charge < -0.3 is 24.8 Å². The second-order valence-corrected chi connectivity index (χ2v) is 7.14. The molecule has 1 atom stereocenters. The van der Waals surface area contributed by atoms with Crippen molar-refractivity contribution in [2.45, 2.75) is 26.4 Å². The lowest BCUT2D eigenvalue weighted by Gasteiger charge is -2.35. The maximum Gasteiger partial charge on any atom is 0.194 e. The van der Waals surface area contributed by atoms with Crippen LogP contribution in [-0.4, -0.2) is 55.9 Å². The van der Waals surface area contributed by atoms with Gasteiger partial charge in [-0.2, -0.15) is 0 Å². The number of rotatable bonds is 6. The van der Waals surface area contributed by atoms with Crippen LogP contribution in [0.15, 0.2) is 47.5 Å². The molecule has 3 rings (SSSR count). The summed E-state index contributed by atoms with van der Waals surface area (Å²) in [5.41, 5.74) is 3.35. The summed E-state index contributed by atoms with van der Waals surface area (Å²) in [5.74, 6) is 1.79. The molecule has 0 radical (unpaired) electrons. The van der Waals surface area contributed by atoms with Gasteiger partial charge in [0.05, 0.1) is 20.3 Å². The number of nitrogens with one attached hydrogen (secondary N) is 1. The molecule has 164 valence electrons. The van der Waals surface area contributed by atoms with Crippen molar-refractivity contribution in [2.24, 2.45) is 4.99 Å². The van der Waals surface area contributed by atoms with Crippen molar-refractivity contribution in [3.63, 3.8) is 0 Å². The summed E-state index contributed by atoms with van der Waals surface area (Å²) in [6.45, 7) is 7.84. The van der Waals surface area contributed by atoms with Crippen molar-refractivity contribution in [2.75, 3.05) is 39.9 Å². The first kappa shape index (κ1) is 24.3. The summed E-state index contributed by atoms with van der Waals surface area (Å²) in [7, 11) is 1.59. The third-order valence-corrected chi connectivity index (χ3v) is 5.17. The Morgan fingerprint density at radius 1 is 1.30 bits per heavy atom. The first-order valence-electron chi connectivity index (χ1n) is 10.2. The van der Waals surface area contributed by atoms with Gasteiger partial charge in [-0.3, -0.25) is 4.99 Å². The number of hydrogen-bond donors (Lipinski definition) is 2. The van der Waals surface area contributed by atoms with E-state index in [0.717, 1.165) is 31.2 Å². The Kier molecular flexibility index (Phi) is 9.71. The number of aliphatic imine (C=N–C) groups is 1. The molecule has 6 nitrogen and oxygen atoms in total. The van der Waals surface area contributed by atoms with Crippen LogP contribution in [0.3, 0.4) is 0 Å². The Labute approximate surface area is 196 Å². The van der Waals surface area contributed by atoms with Gasteiger partial charge in [-0.25, -0.2) is 0 Å². The first-order valence-corrected chi connectivity index (χ1v) is 10.2. The second kappa shape index (κ2) is 12.0. The van der Waals surface area contributed by atoms with Crippen molar-refractivity contribution >= 4 is 29.9 Å². The van der Waals surface area contributed by atoms with Gasteiger partial charge in [-0.1, -0.05) is 30.3 Å². The van der Waals surface area contributed by atoms with E-state index in [-0.39, 0.29) is 35.8 Å². The second-order valence-electron chi connectivity index (χ2n) is 7.14. The van der Waals surface area contributed by atoms with E-state index >= 15 is 0 Å². The number of guanidine groups is 1. The molecule has 1 saturated heterocycles. The fraction of sp³-hybridized carbons (Fsp3) is 0.435. The lowest BCUT2D eigenvalue weighted by atomic mass is 10.0. The molecule has 0 saturated carbocycles. The molecular weight excluding hydrogens is 493 g/mol. The first-order chi connectivity index (χ1) is 14.1. The lowest BCUT2D eigenvalue weighted by molar-refractivity contribution is -0.00832. The normalized spacial score (nSPS) is 16.7. The van der Waals surface area contributed by atoms with E-state index in [2.05, 4.69) is 48.3 Å². The number of benzene rings is 2. The number of aryl methyl sites for hydroxylation is 1. The van der Waals surface area contributed by atoms with Crippen molar-refractivity contribution in [1.29, 1.82) is 0 Å². The predicted molar refractivity (Wildman–Crippen MR) is 131 cm³/mol. The van der Waals surface area contributed by atoms with Crippen molar-refractivity contribution in [1.82, 2.24) is 10.2 Å². The molecular formula is C23H32IN3O3. The van der Waals surface area contributed by atoms with E-state index in [1.807, 2.05) is 12.1 Å². The highest BCUT2D eigenvalue weighted by Crippen LogP contribution is 2.26. The molecule has 2 N–H and O–H groups in total. The number of hydrogen-bond acceptors (Lipinski definition) is 4. The van der Waals surface area contributed by atoms with Crippen LogP contribution in [0.2, 0.25) is 0 Å². The summed E-state index contributed by atoms with van der Waals surface area (Å²) < 4.78 is 11.2. The Morgan fingerprint density at radius 3 is 2.80 bits per heavy atom. The maximum absolute atomic E-state index is 10.2. The summed E-state index contributed by atoms with van der Waals surface area (Å²) in [5, 5.41) is 13.6.